The smallest absolute Gasteiger partial charge is 0.270 e. The Morgan fingerprint density at radius 1 is 0.667 bits per heavy atom. The van der Waals surface area contributed by atoms with Gasteiger partial charge in [0.25, 0.3) is 20.2 Å². The average Bonchev–Trinajstić information content (AvgIpc) is 2.38. The topological polar surface area (TPSA) is 143 Å². The zero-order valence-electron chi connectivity index (χ0n) is 14.2. The predicted octanol–water partition coefficient (Wildman–Crippen LogP) is 0.597. The maximum atomic E-state index is 11.8. The molecule has 24 heavy (non-hydrogen) atoms. The normalized spacial score (nSPS) is 16.8. The van der Waals surface area contributed by atoms with Gasteiger partial charge in [0.2, 0.25) is 0 Å². The summed E-state index contributed by atoms with van der Waals surface area (Å²) in [6.07, 6.45) is 0.00172. The molecule has 0 aliphatic carbocycles. The molecule has 2 unspecified atom stereocenters. The summed E-state index contributed by atoms with van der Waals surface area (Å²) in [7, 11) is -11.3. The molecule has 2 N–H and O–H groups in total. The molecule has 0 radical (unpaired) electrons. The molecule has 146 valence electrons. The van der Waals surface area contributed by atoms with Crippen molar-refractivity contribution in [3.05, 3.63) is 0 Å². The molecule has 0 aliphatic heterocycles. The maximum Gasteiger partial charge on any atom is 0.270 e. The van der Waals surface area contributed by atoms with Crippen LogP contribution in [0.3, 0.4) is 0 Å². The van der Waals surface area contributed by atoms with Gasteiger partial charge in [0.05, 0.1) is 9.49 Å². The summed E-state index contributed by atoms with van der Waals surface area (Å²) in [5.74, 6) is 0.252. The van der Waals surface area contributed by atoms with E-state index >= 15 is 0 Å². The molecule has 0 heterocycles. The molecule has 0 saturated heterocycles. The number of hydrogen-bond acceptors (Lipinski definition) is 6. The lowest BCUT2D eigenvalue weighted by Crippen LogP contribution is -2.34. The van der Waals surface area contributed by atoms with Gasteiger partial charge < -0.3 is 0 Å². The Kier molecular flexibility index (Phi) is 8.71. The first-order valence-corrected chi connectivity index (χ1v) is 13.0. The van der Waals surface area contributed by atoms with E-state index in [1.165, 1.54) is 27.7 Å². The summed E-state index contributed by atoms with van der Waals surface area (Å²) in [4.78, 5) is 0. The van der Waals surface area contributed by atoms with Crippen molar-refractivity contribution in [1.82, 2.24) is 0 Å². The minimum Gasteiger partial charge on any atom is -0.285 e. The van der Waals surface area contributed by atoms with Crippen LogP contribution in [-0.2, 0) is 41.8 Å². The van der Waals surface area contributed by atoms with Crippen molar-refractivity contribution in [2.45, 2.75) is 50.0 Å². The summed E-state index contributed by atoms with van der Waals surface area (Å²) < 4.78 is 83.5. The van der Waals surface area contributed by atoms with Gasteiger partial charge in [-0.15, -0.1) is 0 Å². The monoisotopic (exact) mass is 426 g/mol. The molecular weight excluding hydrogens is 400 g/mol. The van der Waals surface area contributed by atoms with Crippen LogP contribution in [0.2, 0.25) is 0 Å². The van der Waals surface area contributed by atoms with Crippen molar-refractivity contribution in [3.63, 3.8) is 0 Å². The quantitative estimate of drug-likeness (QED) is 0.457. The Hall–Kier alpha value is 0.120. The van der Waals surface area contributed by atoms with E-state index in [0.29, 0.717) is 0 Å². The standard InChI is InChI=1S/C12H26O8S4/c1-11(2,23(15,16)17)5-7-21(13)9-10-22(14)8-6-12(3,4)24(18,19)20/h5-10H2,1-4H3,(H,15,16,17)(H,18,19,20). The lowest BCUT2D eigenvalue weighted by molar-refractivity contribution is 0.436. The van der Waals surface area contributed by atoms with Gasteiger partial charge in [-0.1, -0.05) is 0 Å². The van der Waals surface area contributed by atoms with E-state index in [0.717, 1.165) is 0 Å². The van der Waals surface area contributed by atoms with Crippen LogP contribution in [0.5, 0.6) is 0 Å². The Morgan fingerprint density at radius 3 is 1.12 bits per heavy atom. The van der Waals surface area contributed by atoms with E-state index in [1.807, 2.05) is 0 Å². The predicted molar refractivity (Wildman–Crippen MR) is 96.2 cm³/mol. The van der Waals surface area contributed by atoms with Crippen LogP contribution in [0.4, 0.5) is 0 Å². The summed E-state index contributed by atoms with van der Waals surface area (Å²) in [5.41, 5.74) is 0. The first-order valence-electron chi connectivity index (χ1n) is 7.14. The van der Waals surface area contributed by atoms with Crippen LogP contribution in [-0.4, -0.2) is 66.9 Å². The average molecular weight is 427 g/mol. The number of hydrogen-bond donors (Lipinski definition) is 2. The second-order valence-corrected chi connectivity index (χ2v) is 14.2. The second-order valence-electron chi connectivity index (χ2n) is 6.67. The molecule has 0 aliphatic rings. The first kappa shape index (κ1) is 24.1. The van der Waals surface area contributed by atoms with E-state index in [1.54, 1.807) is 0 Å². The van der Waals surface area contributed by atoms with Crippen LogP contribution in [0.15, 0.2) is 0 Å². The van der Waals surface area contributed by atoms with Crippen molar-refractivity contribution in [3.8, 4) is 0 Å². The van der Waals surface area contributed by atoms with Crippen LogP contribution in [0.25, 0.3) is 0 Å². The van der Waals surface area contributed by atoms with E-state index < -0.39 is 51.3 Å². The fourth-order valence-electron chi connectivity index (χ4n) is 1.37. The van der Waals surface area contributed by atoms with Gasteiger partial charge in [-0.2, -0.15) is 16.8 Å². The summed E-state index contributed by atoms with van der Waals surface area (Å²) in [5, 5.41) is 0. The summed E-state index contributed by atoms with van der Waals surface area (Å²) in [6.45, 7) is 5.31. The van der Waals surface area contributed by atoms with Crippen molar-refractivity contribution in [1.29, 1.82) is 0 Å². The fraction of sp³-hybridized carbons (Fsp3) is 1.00. The highest BCUT2D eigenvalue weighted by molar-refractivity contribution is 7.89. The summed E-state index contributed by atoms with van der Waals surface area (Å²) in [6, 6.07) is 0. The largest absolute Gasteiger partial charge is 0.285 e. The molecule has 8 nitrogen and oxygen atoms in total. The maximum absolute atomic E-state index is 11.8. The van der Waals surface area contributed by atoms with E-state index in [2.05, 4.69) is 0 Å². The number of rotatable bonds is 11. The third-order valence-electron chi connectivity index (χ3n) is 3.80. The van der Waals surface area contributed by atoms with Crippen molar-refractivity contribution < 1.29 is 34.4 Å². The van der Waals surface area contributed by atoms with Gasteiger partial charge in [0.1, 0.15) is 0 Å². The minimum absolute atomic E-state index is 0.000860. The Bertz CT molecular complexity index is 616. The molecule has 12 heteroatoms. The van der Waals surface area contributed by atoms with Gasteiger partial charge in [-0.3, -0.25) is 17.5 Å². The van der Waals surface area contributed by atoms with Gasteiger partial charge in [-0.25, -0.2) is 0 Å². The fourth-order valence-corrected chi connectivity index (χ4v) is 5.72. The SMILES string of the molecule is CC(C)(CCS(=O)CCS(=O)CCC(C)(C)S(=O)(=O)O)S(=O)(=O)O. The molecule has 0 saturated carbocycles. The molecule has 0 fully saturated rings. The van der Waals surface area contributed by atoms with Crippen LogP contribution >= 0.6 is 0 Å². The van der Waals surface area contributed by atoms with Crippen molar-refractivity contribution >= 4 is 41.8 Å². The van der Waals surface area contributed by atoms with E-state index in [9.17, 15) is 25.3 Å². The van der Waals surface area contributed by atoms with Gasteiger partial charge >= 0.3 is 0 Å². The molecule has 0 aromatic heterocycles. The van der Waals surface area contributed by atoms with Crippen molar-refractivity contribution in [2.75, 3.05) is 23.0 Å². The Labute approximate surface area is 149 Å². The molecule has 0 rings (SSSR count). The Balaban J connectivity index is 4.32. The van der Waals surface area contributed by atoms with Crippen molar-refractivity contribution in [2.24, 2.45) is 0 Å². The van der Waals surface area contributed by atoms with E-state index in [4.69, 9.17) is 9.11 Å². The molecule has 2 atom stereocenters. The van der Waals surface area contributed by atoms with Gasteiger partial charge in [0, 0.05) is 44.6 Å². The molecule has 0 aromatic carbocycles. The van der Waals surface area contributed by atoms with E-state index in [-0.39, 0.29) is 35.9 Å². The zero-order chi connectivity index (χ0) is 19.4. The van der Waals surface area contributed by atoms with Crippen LogP contribution in [0, 0.1) is 0 Å². The summed E-state index contributed by atoms with van der Waals surface area (Å²) >= 11 is 0. The molecular formula is C12H26O8S4. The first-order chi connectivity index (χ1) is 10.5. The third kappa shape index (κ3) is 8.00. The molecule has 0 aromatic rings. The van der Waals surface area contributed by atoms with Gasteiger partial charge in [-0.05, 0) is 40.5 Å². The Morgan fingerprint density at radius 2 is 0.917 bits per heavy atom. The molecule has 0 bridgehead atoms. The second kappa shape index (κ2) is 8.67. The zero-order valence-corrected chi connectivity index (χ0v) is 17.5. The highest BCUT2D eigenvalue weighted by Crippen LogP contribution is 2.21. The highest BCUT2D eigenvalue weighted by atomic mass is 32.2. The molecule has 0 amide bonds. The minimum atomic E-state index is -4.24. The lowest BCUT2D eigenvalue weighted by Gasteiger charge is -2.20. The molecule has 0 spiro atoms. The third-order valence-corrected chi connectivity index (χ3v) is 9.90. The van der Waals surface area contributed by atoms with Crippen LogP contribution in [0.1, 0.15) is 40.5 Å². The van der Waals surface area contributed by atoms with Gasteiger partial charge in [0.15, 0.2) is 0 Å². The highest BCUT2D eigenvalue weighted by Gasteiger charge is 2.33. The van der Waals surface area contributed by atoms with Crippen LogP contribution < -0.4 is 0 Å². The lowest BCUT2D eigenvalue weighted by atomic mass is 10.1.